The van der Waals surface area contributed by atoms with Gasteiger partial charge in [-0.05, 0) is 0 Å². The summed E-state index contributed by atoms with van der Waals surface area (Å²) in [5.41, 5.74) is 0. The minimum absolute atomic E-state index is 0.0828. The van der Waals surface area contributed by atoms with Gasteiger partial charge in [0.2, 0.25) is 0 Å². The second-order valence-corrected chi connectivity index (χ2v) is 3.67. The number of hydrogen-bond donors (Lipinski definition) is 0. The van der Waals surface area contributed by atoms with E-state index >= 15 is 0 Å². The Morgan fingerprint density at radius 3 is 1.56 bits per heavy atom. The summed E-state index contributed by atoms with van der Waals surface area (Å²) < 4.78 is 20.2. The summed E-state index contributed by atoms with van der Waals surface area (Å²) in [4.78, 5) is 31.6. The lowest BCUT2D eigenvalue weighted by atomic mass is 10.3. The monoisotopic (exact) mass is 262 g/mol. The van der Waals surface area contributed by atoms with E-state index in [0.717, 1.165) is 0 Å². The van der Waals surface area contributed by atoms with Crippen LogP contribution in [0.15, 0.2) is 0 Å². The van der Waals surface area contributed by atoms with Crippen LogP contribution in [0.3, 0.4) is 0 Å². The molecule has 0 spiro atoms. The topological polar surface area (TPSA) is 89.5 Å². The fourth-order valence-corrected chi connectivity index (χ4v) is 1.44. The molecule has 2 aliphatic rings. The molecule has 2 heterocycles. The van der Waals surface area contributed by atoms with E-state index in [4.69, 9.17) is 18.9 Å². The SMILES string of the molecule is O=C(OOC(=O)C1COCCO1)C1COCCO1. The van der Waals surface area contributed by atoms with Gasteiger partial charge in [-0.25, -0.2) is 19.4 Å². The smallest absolute Gasteiger partial charge is 0.376 e. The second-order valence-electron chi connectivity index (χ2n) is 3.67. The fourth-order valence-electron chi connectivity index (χ4n) is 1.44. The number of carbonyl (C=O) groups is 2. The Labute approximate surface area is 103 Å². The van der Waals surface area contributed by atoms with E-state index in [-0.39, 0.29) is 13.2 Å². The third-order valence-electron chi connectivity index (χ3n) is 2.36. The lowest BCUT2D eigenvalue weighted by Crippen LogP contribution is -2.40. The first-order valence-corrected chi connectivity index (χ1v) is 5.58. The third kappa shape index (κ3) is 3.64. The molecule has 0 aliphatic carbocycles. The number of rotatable bonds is 2. The molecule has 8 heteroatoms. The van der Waals surface area contributed by atoms with Crippen LogP contribution in [0.1, 0.15) is 0 Å². The van der Waals surface area contributed by atoms with Crippen molar-refractivity contribution in [3.8, 4) is 0 Å². The molecule has 0 bridgehead atoms. The Morgan fingerprint density at radius 1 is 0.778 bits per heavy atom. The molecule has 102 valence electrons. The second kappa shape index (κ2) is 6.64. The first kappa shape index (κ1) is 13.2. The average molecular weight is 262 g/mol. The van der Waals surface area contributed by atoms with Gasteiger partial charge in [0, 0.05) is 0 Å². The van der Waals surface area contributed by atoms with Crippen molar-refractivity contribution in [1.82, 2.24) is 0 Å². The van der Waals surface area contributed by atoms with Gasteiger partial charge in [-0.3, -0.25) is 0 Å². The molecular formula is C10H14O8. The molecule has 0 N–H and O–H groups in total. The summed E-state index contributed by atoms with van der Waals surface area (Å²) in [5.74, 6) is -1.61. The molecule has 0 radical (unpaired) electrons. The van der Waals surface area contributed by atoms with E-state index in [0.29, 0.717) is 26.4 Å². The molecule has 0 aromatic carbocycles. The molecule has 2 unspecified atom stereocenters. The molecule has 2 saturated heterocycles. The first-order valence-electron chi connectivity index (χ1n) is 5.58. The van der Waals surface area contributed by atoms with Crippen LogP contribution in [-0.2, 0) is 38.3 Å². The van der Waals surface area contributed by atoms with Gasteiger partial charge in [0.05, 0.1) is 39.6 Å². The van der Waals surface area contributed by atoms with E-state index in [1.54, 1.807) is 0 Å². The van der Waals surface area contributed by atoms with Crippen LogP contribution >= 0.6 is 0 Å². The summed E-state index contributed by atoms with van der Waals surface area (Å²) in [6, 6.07) is 0. The van der Waals surface area contributed by atoms with Crippen molar-refractivity contribution in [3.05, 3.63) is 0 Å². The van der Waals surface area contributed by atoms with Crippen molar-refractivity contribution < 1.29 is 38.3 Å². The average Bonchev–Trinajstić information content (AvgIpc) is 2.46. The van der Waals surface area contributed by atoms with Gasteiger partial charge >= 0.3 is 11.9 Å². The van der Waals surface area contributed by atoms with Crippen LogP contribution in [0, 0.1) is 0 Å². The van der Waals surface area contributed by atoms with Crippen molar-refractivity contribution in [3.63, 3.8) is 0 Å². The van der Waals surface area contributed by atoms with Gasteiger partial charge in [-0.1, -0.05) is 0 Å². The zero-order valence-electron chi connectivity index (χ0n) is 9.66. The van der Waals surface area contributed by atoms with Crippen LogP contribution in [0.2, 0.25) is 0 Å². The molecule has 0 saturated carbocycles. The molecule has 2 aliphatic heterocycles. The quantitative estimate of drug-likeness (QED) is 0.453. The lowest BCUT2D eigenvalue weighted by Gasteiger charge is -2.22. The maximum absolute atomic E-state index is 11.4. The highest BCUT2D eigenvalue weighted by atomic mass is 17.2. The minimum Gasteiger partial charge on any atom is -0.376 e. The Bertz CT molecular complexity index is 262. The summed E-state index contributed by atoms with van der Waals surface area (Å²) in [5, 5.41) is 0. The highest BCUT2D eigenvalue weighted by Crippen LogP contribution is 2.06. The van der Waals surface area contributed by atoms with E-state index in [9.17, 15) is 9.59 Å². The lowest BCUT2D eigenvalue weighted by molar-refractivity contribution is -0.278. The molecule has 0 aromatic rings. The van der Waals surface area contributed by atoms with Crippen LogP contribution < -0.4 is 0 Å². The Balaban J connectivity index is 1.69. The maximum atomic E-state index is 11.4. The van der Waals surface area contributed by atoms with Gasteiger partial charge in [-0.2, -0.15) is 0 Å². The van der Waals surface area contributed by atoms with Crippen molar-refractivity contribution in [1.29, 1.82) is 0 Å². The first-order chi connectivity index (χ1) is 8.77. The van der Waals surface area contributed by atoms with E-state index < -0.39 is 24.1 Å². The Hall–Kier alpha value is -1.22. The van der Waals surface area contributed by atoms with Gasteiger partial charge in [0.1, 0.15) is 0 Å². The van der Waals surface area contributed by atoms with Crippen molar-refractivity contribution in [2.24, 2.45) is 0 Å². The molecule has 0 amide bonds. The summed E-state index contributed by atoms with van der Waals surface area (Å²) >= 11 is 0. The highest BCUT2D eigenvalue weighted by Gasteiger charge is 2.30. The van der Waals surface area contributed by atoms with E-state index in [1.807, 2.05) is 0 Å². The summed E-state index contributed by atoms with van der Waals surface area (Å²) in [7, 11) is 0. The number of ether oxygens (including phenoxy) is 4. The normalized spacial score (nSPS) is 28.4. The predicted molar refractivity (Wildman–Crippen MR) is 53.3 cm³/mol. The molecule has 18 heavy (non-hydrogen) atoms. The molecule has 2 rings (SSSR count). The minimum atomic E-state index is -0.866. The van der Waals surface area contributed by atoms with Gasteiger partial charge in [0.15, 0.2) is 12.2 Å². The van der Waals surface area contributed by atoms with Gasteiger partial charge in [0.25, 0.3) is 0 Å². The van der Waals surface area contributed by atoms with Crippen molar-refractivity contribution >= 4 is 11.9 Å². The van der Waals surface area contributed by atoms with Crippen LogP contribution in [0.5, 0.6) is 0 Å². The predicted octanol–water partition coefficient (Wildman–Crippen LogP) is -1.18. The maximum Gasteiger partial charge on any atom is 0.386 e. The van der Waals surface area contributed by atoms with Gasteiger partial charge in [-0.15, -0.1) is 0 Å². The van der Waals surface area contributed by atoms with Crippen LogP contribution in [-0.4, -0.2) is 63.8 Å². The largest absolute Gasteiger partial charge is 0.386 e. The van der Waals surface area contributed by atoms with E-state index in [2.05, 4.69) is 9.78 Å². The van der Waals surface area contributed by atoms with Crippen LogP contribution in [0.4, 0.5) is 0 Å². The fraction of sp³-hybridized carbons (Fsp3) is 0.800. The molecule has 2 atom stereocenters. The number of carbonyl (C=O) groups excluding carboxylic acids is 2. The molecule has 2 fully saturated rings. The Kier molecular flexibility index (Phi) is 4.88. The van der Waals surface area contributed by atoms with Crippen molar-refractivity contribution in [2.45, 2.75) is 12.2 Å². The highest BCUT2D eigenvalue weighted by molar-refractivity contribution is 5.78. The zero-order chi connectivity index (χ0) is 12.8. The van der Waals surface area contributed by atoms with Gasteiger partial charge < -0.3 is 18.9 Å². The molecule has 0 aromatic heterocycles. The molecular weight excluding hydrogens is 248 g/mol. The van der Waals surface area contributed by atoms with E-state index in [1.165, 1.54) is 0 Å². The zero-order valence-corrected chi connectivity index (χ0v) is 9.66. The molecule has 8 nitrogen and oxygen atoms in total. The summed E-state index contributed by atoms with van der Waals surface area (Å²) in [6.07, 6.45) is -1.73. The Morgan fingerprint density at radius 2 is 1.22 bits per heavy atom. The van der Waals surface area contributed by atoms with Crippen molar-refractivity contribution in [2.75, 3.05) is 39.6 Å². The third-order valence-corrected chi connectivity index (χ3v) is 2.36. The number of hydrogen-bond acceptors (Lipinski definition) is 8. The standard InChI is InChI=1S/C10H14O8/c11-9(7-5-13-1-3-15-7)17-18-10(12)8-6-14-2-4-16-8/h7-8H,1-6H2. The van der Waals surface area contributed by atoms with Crippen LogP contribution in [0.25, 0.3) is 0 Å². The summed E-state index contributed by atoms with van der Waals surface area (Å²) in [6.45, 7) is 1.62.